The van der Waals surface area contributed by atoms with Crippen LogP contribution in [-0.4, -0.2) is 16.5 Å². The van der Waals surface area contributed by atoms with Crippen molar-refractivity contribution in [2.75, 3.05) is 11.9 Å². The molecule has 0 aliphatic rings. The Bertz CT molecular complexity index is 492. The summed E-state index contributed by atoms with van der Waals surface area (Å²) < 4.78 is 38.1. The number of halogens is 3. The molecule has 6 heteroatoms. The summed E-state index contributed by atoms with van der Waals surface area (Å²) in [7, 11) is 0. The zero-order chi connectivity index (χ0) is 13.0. The number of anilines is 1. The van der Waals surface area contributed by atoms with Crippen molar-refractivity contribution in [3.05, 3.63) is 48.0 Å². The molecule has 18 heavy (non-hydrogen) atoms. The average molecular weight is 255 g/mol. The number of imidazole rings is 1. The zero-order valence-electron chi connectivity index (χ0n) is 9.46. The lowest BCUT2D eigenvalue weighted by atomic mass is 10.1. The second-order valence-electron chi connectivity index (χ2n) is 3.80. The first-order valence-corrected chi connectivity index (χ1v) is 5.45. The van der Waals surface area contributed by atoms with Crippen molar-refractivity contribution in [1.82, 2.24) is 9.97 Å². The largest absolute Gasteiger partial charge is 0.418 e. The summed E-state index contributed by atoms with van der Waals surface area (Å²) in [5.41, 5.74) is 0.339. The number of aromatic amines is 1. The van der Waals surface area contributed by atoms with Crippen LogP contribution < -0.4 is 5.32 Å². The molecule has 0 bridgehead atoms. The molecule has 0 saturated heterocycles. The minimum Gasteiger partial charge on any atom is -0.384 e. The Balaban J connectivity index is 2.01. The lowest BCUT2D eigenvalue weighted by Gasteiger charge is -2.13. The molecule has 2 rings (SSSR count). The fraction of sp³-hybridized carbons (Fsp3) is 0.250. The minimum atomic E-state index is -4.34. The van der Waals surface area contributed by atoms with Crippen LogP contribution in [0.1, 0.15) is 11.3 Å². The Kier molecular flexibility index (Phi) is 3.55. The van der Waals surface area contributed by atoms with Crippen LogP contribution in [0.2, 0.25) is 0 Å². The second kappa shape index (κ2) is 5.12. The first-order valence-electron chi connectivity index (χ1n) is 5.45. The zero-order valence-corrected chi connectivity index (χ0v) is 9.46. The number of rotatable bonds is 4. The number of nitrogens with zero attached hydrogens (tertiary/aromatic N) is 1. The van der Waals surface area contributed by atoms with Crippen LogP contribution in [0.3, 0.4) is 0 Å². The van der Waals surface area contributed by atoms with Crippen LogP contribution in [0.4, 0.5) is 18.9 Å². The van der Waals surface area contributed by atoms with Crippen molar-refractivity contribution >= 4 is 5.69 Å². The van der Waals surface area contributed by atoms with Crippen LogP contribution in [0.25, 0.3) is 0 Å². The highest BCUT2D eigenvalue weighted by atomic mass is 19.4. The van der Waals surface area contributed by atoms with Crippen molar-refractivity contribution in [1.29, 1.82) is 0 Å². The SMILES string of the molecule is FC(F)(F)c1ccccc1NCCc1cnc[nH]1. The van der Waals surface area contributed by atoms with Gasteiger partial charge in [0.05, 0.1) is 11.9 Å². The standard InChI is InChI=1S/C12H12F3N3/c13-12(14,15)10-3-1-2-4-11(10)17-6-5-9-7-16-8-18-9/h1-4,7-8,17H,5-6H2,(H,16,18). The molecule has 0 radical (unpaired) electrons. The van der Waals surface area contributed by atoms with Crippen molar-refractivity contribution < 1.29 is 13.2 Å². The van der Waals surface area contributed by atoms with Crippen molar-refractivity contribution in [2.24, 2.45) is 0 Å². The maximum Gasteiger partial charge on any atom is 0.418 e. The molecule has 0 aliphatic carbocycles. The molecule has 0 fully saturated rings. The molecule has 0 amide bonds. The molecule has 0 aliphatic heterocycles. The predicted octanol–water partition coefficient (Wildman–Crippen LogP) is 3.08. The Labute approximate surface area is 102 Å². The van der Waals surface area contributed by atoms with Gasteiger partial charge in [-0.3, -0.25) is 0 Å². The molecule has 0 unspecified atom stereocenters. The van der Waals surface area contributed by atoms with Gasteiger partial charge in [-0.05, 0) is 12.1 Å². The van der Waals surface area contributed by atoms with Crippen LogP contribution >= 0.6 is 0 Å². The van der Waals surface area contributed by atoms with Crippen molar-refractivity contribution in [3.8, 4) is 0 Å². The summed E-state index contributed by atoms with van der Waals surface area (Å²) in [6.45, 7) is 0.412. The van der Waals surface area contributed by atoms with E-state index >= 15 is 0 Å². The molecule has 1 heterocycles. The molecule has 2 N–H and O–H groups in total. The van der Waals surface area contributed by atoms with Crippen molar-refractivity contribution in [3.63, 3.8) is 0 Å². The molecule has 3 nitrogen and oxygen atoms in total. The number of alkyl halides is 3. The molecule has 96 valence electrons. The highest BCUT2D eigenvalue weighted by Crippen LogP contribution is 2.34. The second-order valence-corrected chi connectivity index (χ2v) is 3.80. The van der Waals surface area contributed by atoms with Gasteiger partial charge in [0, 0.05) is 30.5 Å². The topological polar surface area (TPSA) is 40.7 Å². The third-order valence-corrected chi connectivity index (χ3v) is 2.50. The molecule has 0 saturated carbocycles. The van der Waals surface area contributed by atoms with Gasteiger partial charge in [0.1, 0.15) is 0 Å². The van der Waals surface area contributed by atoms with Gasteiger partial charge >= 0.3 is 6.18 Å². The number of para-hydroxylation sites is 1. The Hall–Kier alpha value is -1.98. The number of hydrogen-bond acceptors (Lipinski definition) is 2. The van der Waals surface area contributed by atoms with E-state index in [2.05, 4.69) is 15.3 Å². The van der Waals surface area contributed by atoms with E-state index < -0.39 is 11.7 Å². The van der Waals surface area contributed by atoms with E-state index in [1.54, 1.807) is 18.6 Å². The van der Waals surface area contributed by atoms with Gasteiger partial charge in [0.2, 0.25) is 0 Å². The number of nitrogens with one attached hydrogen (secondary N) is 2. The first kappa shape index (κ1) is 12.5. The molecule has 1 aromatic carbocycles. The molecule has 2 aromatic rings. The summed E-state index contributed by atoms with van der Waals surface area (Å²) in [5, 5.41) is 2.79. The fourth-order valence-corrected chi connectivity index (χ4v) is 1.64. The number of hydrogen-bond donors (Lipinski definition) is 2. The lowest BCUT2D eigenvalue weighted by molar-refractivity contribution is -0.136. The quantitative estimate of drug-likeness (QED) is 0.881. The van der Waals surface area contributed by atoms with Gasteiger partial charge < -0.3 is 10.3 Å². The molecular weight excluding hydrogens is 243 g/mol. The molecule has 0 spiro atoms. The van der Waals surface area contributed by atoms with Crippen LogP contribution in [0.15, 0.2) is 36.8 Å². The van der Waals surface area contributed by atoms with E-state index in [-0.39, 0.29) is 5.69 Å². The van der Waals surface area contributed by atoms with Crippen molar-refractivity contribution in [2.45, 2.75) is 12.6 Å². The monoisotopic (exact) mass is 255 g/mol. The van der Waals surface area contributed by atoms with E-state index in [4.69, 9.17) is 0 Å². The molecule has 1 aromatic heterocycles. The highest BCUT2D eigenvalue weighted by molar-refractivity contribution is 5.52. The Morgan fingerprint density at radius 3 is 2.67 bits per heavy atom. The third kappa shape index (κ3) is 3.03. The number of benzene rings is 1. The van der Waals surface area contributed by atoms with E-state index in [0.29, 0.717) is 13.0 Å². The predicted molar refractivity (Wildman–Crippen MR) is 62.2 cm³/mol. The first-order chi connectivity index (χ1) is 8.57. The minimum absolute atomic E-state index is 0.101. The maximum atomic E-state index is 12.7. The van der Waals surface area contributed by atoms with Gasteiger partial charge in [-0.1, -0.05) is 12.1 Å². The van der Waals surface area contributed by atoms with Gasteiger partial charge in [-0.15, -0.1) is 0 Å². The summed E-state index contributed by atoms with van der Waals surface area (Å²) >= 11 is 0. The fourth-order valence-electron chi connectivity index (χ4n) is 1.64. The normalized spacial score (nSPS) is 11.5. The van der Waals surface area contributed by atoms with E-state index in [1.165, 1.54) is 12.1 Å². The Morgan fingerprint density at radius 2 is 2.00 bits per heavy atom. The van der Waals surface area contributed by atoms with Gasteiger partial charge in [0.25, 0.3) is 0 Å². The highest BCUT2D eigenvalue weighted by Gasteiger charge is 2.32. The molecular formula is C12H12F3N3. The lowest BCUT2D eigenvalue weighted by Crippen LogP contribution is -2.12. The maximum absolute atomic E-state index is 12.7. The van der Waals surface area contributed by atoms with Crippen LogP contribution in [-0.2, 0) is 12.6 Å². The Morgan fingerprint density at radius 1 is 1.22 bits per heavy atom. The van der Waals surface area contributed by atoms with E-state index in [1.807, 2.05) is 0 Å². The number of aromatic nitrogens is 2. The number of H-pyrrole nitrogens is 1. The van der Waals surface area contributed by atoms with Gasteiger partial charge in [0.15, 0.2) is 0 Å². The van der Waals surface area contributed by atoms with Gasteiger partial charge in [-0.25, -0.2) is 4.98 Å². The summed E-state index contributed by atoms with van der Waals surface area (Å²) in [4.78, 5) is 6.74. The van der Waals surface area contributed by atoms with Gasteiger partial charge in [-0.2, -0.15) is 13.2 Å². The average Bonchev–Trinajstić information content (AvgIpc) is 2.81. The van der Waals surface area contributed by atoms with Crippen LogP contribution in [0.5, 0.6) is 0 Å². The smallest absolute Gasteiger partial charge is 0.384 e. The van der Waals surface area contributed by atoms with Crippen LogP contribution in [0, 0.1) is 0 Å². The summed E-state index contributed by atoms with van der Waals surface area (Å²) in [5.74, 6) is 0. The summed E-state index contributed by atoms with van der Waals surface area (Å²) in [6.07, 6.45) is -0.555. The summed E-state index contributed by atoms with van der Waals surface area (Å²) in [6, 6.07) is 5.45. The van der Waals surface area contributed by atoms with E-state index in [0.717, 1.165) is 11.8 Å². The molecule has 0 atom stereocenters. The third-order valence-electron chi connectivity index (χ3n) is 2.50. The van der Waals surface area contributed by atoms with E-state index in [9.17, 15) is 13.2 Å².